The molecular weight excluding hydrogens is 404 g/mol. The second-order valence-corrected chi connectivity index (χ2v) is 8.51. The lowest BCUT2D eigenvalue weighted by Crippen LogP contribution is -2.19. The Hall–Kier alpha value is -3.02. The normalized spacial score (nSPS) is 16.3. The fourth-order valence-electron chi connectivity index (χ4n) is 4.20. The molecule has 0 aliphatic carbocycles. The quantitative estimate of drug-likeness (QED) is 0.503. The summed E-state index contributed by atoms with van der Waals surface area (Å²) >= 11 is 0. The van der Waals surface area contributed by atoms with Crippen LogP contribution in [-0.2, 0) is 9.59 Å². The monoisotopic (exact) mass is 436 g/mol. The van der Waals surface area contributed by atoms with E-state index in [1.165, 1.54) is 11.1 Å². The van der Waals surface area contributed by atoms with Crippen LogP contribution in [0.2, 0.25) is 0 Å². The van der Waals surface area contributed by atoms with Gasteiger partial charge < -0.3 is 19.3 Å². The third-order valence-corrected chi connectivity index (χ3v) is 6.31. The molecule has 2 aromatic rings. The van der Waals surface area contributed by atoms with Gasteiger partial charge in [-0.05, 0) is 60.1 Å². The van der Waals surface area contributed by atoms with Gasteiger partial charge in [0.05, 0.1) is 0 Å². The van der Waals surface area contributed by atoms with Gasteiger partial charge in [-0.2, -0.15) is 0 Å². The van der Waals surface area contributed by atoms with Crippen LogP contribution in [0.5, 0.6) is 11.5 Å². The molecule has 2 heterocycles. The van der Waals surface area contributed by atoms with Gasteiger partial charge in [0.2, 0.25) is 0 Å². The molecule has 2 amide bonds. The van der Waals surface area contributed by atoms with E-state index in [1.807, 2.05) is 24.3 Å². The molecule has 2 aliphatic heterocycles. The number of carbonyl (C=O) groups is 2. The third-order valence-electron chi connectivity index (χ3n) is 6.31. The van der Waals surface area contributed by atoms with E-state index in [-0.39, 0.29) is 25.0 Å². The highest BCUT2D eigenvalue weighted by molar-refractivity contribution is 5.80. The fourth-order valence-corrected chi connectivity index (χ4v) is 4.20. The summed E-state index contributed by atoms with van der Waals surface area (Å²) in [5, 5.41) is 0. The maximum absolute atomic E-state index is 11.8. The summed E-state index contributed by atoms with van der Waals surface area (Å²) in [5.41, 5.74) is 2.54. The van der Waals surface area contributed by atoms with Crippen molar-refractivity contribution in [2.24, 2.45) is 0 Å². The average molecular weight is 437 g/mol. The van der Waals surface area contributed by atoms with Gasteiger partial charge in [0, 0.05) is 26.2 Å². The zero-order valence-corrected chi connectivity index (χ0v) is 19.0. The summed E-state index contributed by atoms with van der Waals surface area (Å²) in [4.78, 5) is 27.1. The Kier molecular flexibility index (Phi) is 6.98. The summed E-state index contributed by atoms with van der Waals surface area (Å²) in [7, 11) is 0. The Morgan fingerprint density at radius 1 is 0.688 bits per heavy atom. The van der Waals surface area contributed by atoms with Gasteiger partial charge in [-0.1, -0.05) is 38.1 Å². The molecule has 2 aromatic carbocycles. The van der Waals surface area contributed by atoms with Crippen LogP contribution in [0.4, 0.5) is 0 Å². The summed E-state index contributed by atoms with van der Waals surface area (Å²) in [5.74, 6) is 2.31. The molecule has 6 heteroatoms. The van der Waals surface area contributed by atoms with Crippen molar-refractivity contribution in [2.75, 3.05) is 39.4 Å². The van der Waals surface area contributed by atoms with Gasteiger partial charge in [-0.25, -0.2) is 0 Å². The first-order chi connectivity index (χ1) is 15.6. The highest BCUT2D eigenvalue weighted by Gasteiger charge is 2.25. The van der Waals surface area contributed by atoms with Gasteiger partial charge in [-0.15, -0.1) is 0 Å². The highest BCUT2D eigenvalue weighted by Crippen LogP contribution is 2.39. The summed E-state index contributed by atoms with van der Waals surface area (Å²) in [6.45, 7) is 8.04. The van der Waals surface area contributed by atoms with Gasteiger partial charge in [0.15, 0.2) is 13.2 Å². The number of nitrogens with zero attached hydrogens (tertiary/aromatic N) is 2. The first kappa shape index (κ1) is 22.2. The number of carbonyl (C=O) groups excluding carboxylic acids is 2. The minimum absolute atomic E-state index is 0.0494. The molecule has 0 unspecified atom stereocenters. The lowest BCUT2D eigenvalue weighted by Gasteiger charge is -2.26. The summed E-state index contributed by atoms with van der Waals surface area (Å²) < 4.78 is 11.3. The van der Waals surface area contributed by atoms with Gasteiger partial charge in [0.1, 0.15) is 11.5 Å². The largest absolute Gasteiger partial charge is 0.484 e. The first-order valence-electron chi connectivity index (χ1n) is 11.6. The van der Waals surface area contributed by atoms with Crippen LogP contribution in [0.25, 0.3) is 0 Å². The van der Waals surface area contributed by atoms with E-state index >= 15 is 0 Å². The van der Waals surface area contributed by atoms with Crippen LogP contribution >= 0.6 is 0 Å². The maximum atomic E-state index is 11.8. The molecule has 0 spiro atoms. The summed E-state index contributed by atoms with van der Waals surface area (Å²) in [6.07, 6.45) is 2.05. The van der Waals surface area contributed by atoms with Crippen LogP contribution in [0.3, 0.4) is 0 Å². The molecule has 2 aliphatic rings. The highest BCUT2D eigenvalue weighted by atomic mass is 16.5. The molecule has 0 aromatic heterocycles. The standard InChI is InChI=1S/C26H32N2O4/c1-3-23(19-5-9-21(10-6-19)31-17-25(29)27-13-14-27)24(4-2)20-7-11-22(12-8-20)32-18-26(30)28-15-16-28/h5-12,23-24H,3-4,13-18H2,1-2H3/t23-,24-/m1/s1. The average Bonchev–Trinajstić information content (AvgIpc) is 3.73. The van der Waals surface area contributed by atoms with Crippen molar-refractivity contribution in [1.29, 1.82) is 0 Å². The van der Waals surface area contributed by atoms with Crippen molar-refractivity contribution in [3.63, 3.8) is 0 Å². The predicted molar refractivity (Wildman–Crippen MR) is 123 cm³/mol. The van der Waals surface area contributed by atoms with E-state index in [0.717, 1.165) is 50.5 Å². The minimum atomic E-state index is 0.0494. The summed E-state index contributed by atoms with van der Waals surface area (Å²) in [6, 6.07) is 16.3. The molecular formula is C26H32N2O4. The molecule has 0 saturated carbocycles. The molecule has 4 rings (SSSR count). The lowest BCUT2D eigenvalue weighted by molar-refractivity contribution is -0.128. The number of rotatable bonds is 11. The zero-order valence-electron chi connectivity index (χ0n) is 19.0. The molecule has 2 fully saturated rings. The topological polar surface area (TPSA) is 58.6 Å². The lowest BCUT2D eigenvalue weighted by atomic mass is 9.78. The van der Waals surface area contributed by atoms with Crippen molar-refractivity contribution >= 4 is 11.8 Å². The van der Waals surface area contributed by atoms with Crippen molar-refractivity contribution in [2.45, 2.75) is 38.5 Å². The Labute approximate surface area is 190 Å². The SMILES string of the molecule is CC[C@H](c1ccc(OCC(=O)N2CC2)cc1)[C@H](CC)c1ccc(OCC(=O)N2CC2)cc1. The maximum Gasteiger partial charge on any atom is 0.260 e. The third kappa shape index (κ3) is 5.61. The number of benzene rings is 2. The van der Waals surface area contributed by atoms with E-state index in [0.29, 0.717) is 11.8 Å². The number of ether oxygens (including phenoxy) is 2. The Balaban J connectivity index is 1.37. The molecule has 2 atom stereocenters. The van der Waals surface area contributed by atoms with Crippen LogP contribution in [0.15, 0.2) is 48.5 Å². The Morgan fingerprint density at radius 2 is 1.03 bits per heavy atom. The number of hydrogen-bond acceptors (Lipinski definition) is 4. The molecule has 0 radical (unpaired) electrons. The minimum Gasteiger partial charge on any atom is -0.484 e. The van der Waals surface area contributed by atoms with Crippen LogP contribution < -0.4 is 9.47 Å². The molecule has 170 valence electrons. The number of hydrogen-bond donors (Lipinski definition) is 0. The van der Waals surface area contributed by atoms with E-state index in [9.17, 15) is 9.59 Å². The smallest absolute Gasteiger partial charge is 0.260 e. The zero-order chi connectivity index (χ0) is 22.5. The molecule has 32 heavy (non-hydrogen) atoms. The second-order valence-electron chi connectivity index (χ2n) is 8.51. The predicted octanol–water partition coefficient (Wildman–Crippen LogP) is 3.82. The van der Waals surface area contributed by atoms with E-state index in [1.54, 1.807) is 9.80 Å². The number of amides is 2. The molecule has 0 bridgehead atoms. The van der Waals surface area contributed by atoms with E-state index in [2.05, 4.69) is 38.1 Å². The van der Waals surface area contributed by atoms with Crippen molar-refractivity contribution < 1.29 is 19.1 Å². The molecule has 6 nitrogen and oxygen atoms in total. The van der Waals surface area contributed by atoms with Crippen molar-refractivity contribution in [3.8, 4) is 11.5 Å². The van der Waals surface area contributed by atoms with Gasteiger partial charge in [0.25, 0.3) is 11.8 Å². The van der Waals surface area contributed by atoms with Gasteiger partial charge in [-0.3, -0.25) is 9.59 Å². The van der Waals surface area contributed by atoms with E-state index in [4.69, 9.17) is 9.47 Å². The van der Waals surface area contributed by atoms with Crippen LogP contribution in [0, 0.1) is 0 Å². The molecule has 0 N–H and O–H groups in total. The Bertz CT molecular complexity index is 840. The van der Waals surface area contributed by atoms with Crippen molar-refractivity contribution in [1.82, 2.24) is 9.80 Å². The van der Waals surface area contributed by atoms with Crippen molar-refractivity contribution in [3.05, 3.63) is 59.7 Å². The fraction of sp³-hybridized carbons (Fsp3) is 0.462. The second kappa shape index (κ2) is 10.1. The molecule has 2 saturated heterocycles. The van der Waals surface area contributed by atoms with Crippen LogP contribution in [-0.4, -0.2) is 61.0 Å². The van der Waals surface area contributed by atoms with Gasteiger partial charge >= 0.3 is 0 Å². The Morgan fingerprint density at radius 3 is 1.31 bits per heavy atom. The van der Waals surface area contributed by atoms with E-state index < -0.39 is 0 Å². The first-order valence-corrected chi connectivity index (χ1v) is 11.6. The van der Waals surface area contributed by atoms with Crippen LogP contribution in [0.1, 0.15) is 49.7 Å².